The molecule has 5 nitrogen and oxygen atoms in total. The first-order valence-corrected chi connectivity index (χ1v) is 5.78. The maximum atomic E-state index is 12.7. The molecular formula is C14H12FN3O2. The number of anilines is 2. The molecule has 2 rings (SSSR count). The van der Waals surface area contributed by atoms with E-state index < -0.39 is 11.8 Å². The van der Waals surface area contributed by atoms with Crippen LogP contribution in [-0.2, 0) is 0 Å². The molecule has 3 amide bonds. The molecular weight excluding hydrogens is 261 g/mol. The third-order valence-electron chi connectivity index (χ3n) is 2.52. The van der Waals surface area contributed by atoms with Crippen LogP contribution in [0.1, 0.15) is 10.4 Å². The summed E-state index contributed by atoms with van der Waals surface area (Å²) in [5.74, 6) is -0.746. The van der Waals surface area contributed by atoms with Gasteiger partial charge in [-0.1, -0.05) is 0 Å². The zero-order valence-corrected chi connectivity index (χ0v) is 10.4. The molecule has 0 saturated heterocycles. The van der Waals surface area contributed by atoms with Gasteiger partial charge in [0.2, 0.25) is 0 Å². The number of benzene rings is 2. The SMILES string of the molecule is NC(=O)Nc1ccc(NC(=O)c2ccc(F)cc2)cc1. The summed E-state index contributed by atoms with van der Waals surface area (Å²) in [6.07, 6.45) is 0. The van der Waals surface area contributed by atoms with Crippen molar-refractivity contribution in [3.05, 3.63) is 59.9 Å². The molecule has 0 bridgehead atoms. The van der Waals surface area contributed by atoms with Crippen molar-refractivity contribution in [1.82, 2.24) is 0 Å². The second-order valence-electron chi connectivity index (χ2n) is 4.03. The molecule has 0 unspecified atom stereocenters. The van der Waals surface area contributed by atoms with E-state index in [1.165, 1.54) is 24.3 Å². The molecule has 0 radical (unpaired) electrons. The van der Waals surface area contributed by atoms with Crippen LogP contribution in [0.25, 0.3) is 0 Å². The van der Waals surface area contributed by atoms with E-state index in [0.717, 1.165) is 0 Å². The number of halogens is 1. The van der Waals surface area contributed by atoms with Crippen molar-refractivity contribution < 1.29 is 14.0 Å². The van der Waals surface area contributed by atoms with Crippen molar-refractivity contribution in [2.45, 2.75) is 0 Å². The molecule has 0 aliphatic carbocycles. The standard InChI is InChI=1S/C14H12FN3O2/c15-10-3-1-9(2-4-10)13(19)17-11-5-7-12(8-6-11)18-14(16)20/h1-8H,(H,17,19)(H3,16,18,20). The Kier molecular flexibility index (Phi) is 3.95. The van der Waals surface area contributed by atoms with Gasteiger partial charge < -0.3 is 16.4 Å². The van der Waals surface area contributed by atoms with Crippen molar-refractivity contribution in [3.8, 4) is 0 Å². The van der Waals surface area contributed by atoms with Gasteiger partial charge >= 0.3 is 6.03 Å². The lowest BCUT2D eigenvalue weighted by atomic mass is 10.2. The van der Waals surface area contributed by atoms with Crippen LogP contribution in [0.2, 0.25) is 0 Å². The van der Waals surface area contributed by atoms with Crippen molar-refractivity contribution in [2.75, 3.05) is 10.6 Å². The molecule has 6 heteroatoms. The first-order chi connectivity index (χ1) is 9.54. The van der Waals surface area contributed by atoms with E-state index >= 15 is 0 Å². The van der Waals surface area contributed by atoms with Gasteiger partial charge in [0, 0.05) is 16.9 Å². The van der Waals surface area contributed by atoms with Crippen LogP contribution in [0, 0.1) is 5.82 Å². The van der Waals surface area contributed by atoms with Crippen LogP contribution in [0.3, 0.4) is 0 Å². The van der Waals surface area contributed by atoms with Crippen LogP contribution in [0.15, 0.2) is 48.5 Å². The summed E-state index contributed by atoms with van der Waals surface area (Å²) in [4.78, 5) is 22.5. The topological polar surface area (TPSA) is 84.2 Å². The molecule has 102 valence electrons. The van der Waals surface area contributed by atoms with Crippen LogP contribution in [0.4, 0.5) is 20.6 Å². The summed E-state index contributed by atoms with van der Waals surface area (Å²) < 4.78 is 12.7. The van der Waals surface area contributed by atoms with Crippen LogP contribution < -0.4 is 16.4 Å². The summed E-state index contributed by atoms with van der Waals surface area (Å²) in [5.41, 5.74) is 6.41. The van der Waals surface area contributed by atoms with E-state index in [0.29, 0.717) is 16.9 Å². The number of nitrogens with two attached hydrogens (primary N) is 1. The fraction of sp³-hybridized carbons (Fsp3) is 0. The van der Waals surface area contributed by atoms with Crippen molar-refractivity contribution >= 4 is 23.3 Å². The highest BCUT2D eigenvalue weighted by molar-refractivity contribution is 6.04. The van der Waals surface area contributed by atoms with E-state index in [2.05, 4.69) is 10.6 Å². The summed E-state index contributed by atoms with van der Waals surface area (Å²) in [6, 6.07) is 11.0. The second kappa shape index (κ2) is 5.83. The average molecular weight is 273 g/mol. The summed E-state index contributed by atoms with van der Waals surface area (Å²) >= 11 is 0. The zero-order chi connectivity index (χ0) is 14.5. The Labute approximate surface area is 114 Å². The van der Waals surface area contributed by atoms with Gasteiger partial charge in [-0.15, -0.1) is 0 Å². The maximum Gasteiger partial charge on any atom is 0.316 e. The highest BCUT2D eigenvalue weighted by Gasteiger charge is 2.06. The largest absolute Gasteiger partial charge is 0.351 e. The van der Waals surface area contributed by atoms with Gasteiger partial charge in [0.25, 0.3) is 5.91 Å². The van der Waals surface area contributed by atoms with Gasteiger partial charge in [-0.2, -0.15) is 0 Å². The van der Waals surface area contributed by atoms with Gasteiger partial charge in [0.05, 0.1) is 0 Å². The van der Waals surface area contributed by atoms with E-state index in [-0.39, 0.29) is 5.91 Å². The molecule has 20 heavy (non-hydrogen) atoms. The highest BCUT2D eigenvalue weighted by Crippen LogP contribution is 2.14. The Bertz CT molecular complexity index is 624. The second-order valence-corrected chi connectivity index (χ2v) is 4.03. The molecule has 2 aromatic carbocycles. The smallest absolute Gasteiger partial charge is 0.316 e. The van der Waals surface area contributed by atoms with Crippen molar-refractivity contribution in [1.29, 1.82) is 0 Å². The number of carbonyl (C=O) groups is 2. The summed E-state index contributed by atoms with van der Waals surface area (Å²) in [7, 11) is 0. The molecule has 0 aliphatic heterocycles. The fourth-order valence-electron chi connectivity index (χ4n) is 1.58. The zero-order valence-electron chi connectivity index (χ0n) is 10.4. The van der Waals surface area contributed by atoms with Crippen LogP contribution in [0.5, 0.6) is 0 Å². The summed E-state index contributed by atoms with van der Waals surface area (Å²) in [5, 5.41) is 5.06. The normalized spacial score (nSPS) is 9.85. The van der Waals surface area contributed by atoms with E-state index in [1.54, 1.807) is 24.3 Å². The van der Waals surface area contributed by atoms with Crippen LogP contribution in [-0.4, -0.2) is 11.9 Å². The molecule has 0 aliphatic rings. The molecule has 4 N–H and O–H groups in total. The number of amides is 3. The third kappa shape index (κ3) is 3.55. The number of urea groups is 1. The minimum atomic E-state index is -0.659. The van der Waals surface area contributed by atoms with Crippen molar-refractivity contribution in [2.24, 2.45) is 5.73 Å². The van der Waals surface area contributed by atoms with E-state index in [1.807, 2.05) is 0 Å². The Balaban J connectivity index is 2.04. The lowest BCUT2D eigenvalue weighted by Crippen LogP contribution is -2.19. The molecule has 0 atom stereocenters. The van der Waals surface area contributed by atoms with E-state index in [9.17, 15) is 14.0 Å². The number of carbonyl (C=O) groups excluding carboxylic acids is 2. The van der Waals surface area contributed by atoms with Crippen LogP contribution >= 0.6 is 0 Å². The lowest BCUT2D eigenvalue weighted by Gasteiger charge is -2.07. The van der Waals surface area contributed by atoms with Gasteiger partial charge in [-0.05, 0) is 48.5 Å². The average Bonchev–Trinajstić information content (AvgIpc) is 2.41. The molecule has 0 fully saturated rings. The third-order valence-corrected chi connectivity index (χ3v) is 2.52. The number of hydrogen-bond donors (Lipinski definition) is 3. The Morgan fingerprint density at radius 3 is 1.85 bits per heavy atom. The maximum absolute atomic E-state index is 12.7. The lowest BCUT2D eigenvalue weighted by molar-refractivity contribution is 0.102. The minimum absolute atomic E-state index is 0.347. The number of primary amides is 1. The molecule has 0 heterocycles. The quantitative estimate of drug-likeness (QED) is 0.803. The predicted octanol–water partition coefficient (Wildman–Crippen LogP) is 2.57. The Morgan fingerprint density at radius 1 is 0.850 bits per heavy atom. The highest BCUT2D eigenvalue weighted by atomic mass is 19.1. The number of rotatable bonds is 3. The first kappa shape index (κ1) is 13.5. The minimum Gasteiger partial charge on any atom is -0.351 e. The Hall–Kier alpha value is -2.89. The van der Waals surface area contributed by atoms with Crippen molar-refractivity contribution in [3.63, 3.8) is 0 Å². The molecule has 2 aromatic rings. The fourth-order valence-corrected chi connectivity index (χ4v) is 1.58. The van der Waals surface area contributed by atoms with E-state index in [4.69, 9.17) is 5.73 Å². The van der Waals surface area contributed by atoms with Gasteiger partial charge in [0.1, 0.15) is 5.82 Å². The van der Waals surface area contributed by atoms with Gasteiger partial charge in [-0.25, -0.2) is 9.18 Å². The predicted molar refractivity (Wildman–Crippen MR) is 74.0 cm³/mol. The molecule has 0 spiro atoms. The van der Waals surface area contributed by atoms with Gasteiger partial charge in [-0.3, -0.25) is 4.79 Å². The summed E-state index contributed by atoms with van der Waals surface area (Å²) in [6.45, 7) is 0. The first-order valence-electron chi connectivity index (χ1n) is 5.78. The number of nitrogens with one attached hydrogen (secondary N) is 2. The molecule has 0 saturated carbocycles. The monoisotopic (exact) mass is 273 g/mol. The number of hydrogen-bond acceptors (Lipinski definition) is 2. The van der Waals surface area contributed by atoms with Gasteiger partial charge in [0.15, 0.2) is 0 Å². The Morgan fingerprint density at radius 2 is 1.35 bits per heavy atom. The molecule has 0 aromatic heterocycles.